The van der Waals surface area contributed by atoms with Gasteiger partial charge in [0.05, 0.1) is 7.11 Å². The van der Waals surface area contributed by atoms with Crippen LogP contribution < -0.4 is 10.5 Å². The Hall–Kier alpha value is -1.45. The van der Waals surface area contributed by atoms with Gasteiger partial charge in [-0.3, -0.25) is 0 Å². The van der Waals surface area contributed by atoms with E-state index in [1.54, 1.807) is 18.9 Å². The summed E-state index contributed by atoms with van der Waals surface area (Å²) in [5.74, 6) is 1.84. The molecule has 0 saturated heterocycles. The number of thioether (sulfide) groups is 1. The molecule has 0 aliphatic carbocycles. The molecule has 0 spiro atoms. The van der Waals surface area contributed by atoms with Crippen LogP contribution in [-0.4, -0.2) is 19.4 Å². The number of hydrogen-bond acceptors (Lipinski definition) is 3. The Labute approximate surface area is 112 Å². The highest BCUT2D eigenvalue weighted by atomic mass is 32.2. The number of hydrogen-bond donors (Lipinski definition) is 1. The van der Waals surface area contributed by atoms with E-state index in [1.807, 2.05) is 12.1 Å². The molecule has 0 unspecified atom stereocenters. The summed E-state index contributed by atoms with van der Waals surface area (Å²) in [5, 5.41) is 0. The van der Waals surface area contributed by atoms with E-state index in [9.17, 15) is 0 Å². The molecule has 0 fully saturated rings. The van der Waals surface area contributed by atoms with Crippen molar-refractivity contribution >= 4 is 11.8 Å². The van der Waals surface area contributed by atoms with Gasteiger partial charge in [0.2, 0.25) is 0 Å². The monoisotopic (exact) mass is 259 g/mol. The molecule has 0 aliphatic heterocycles. The van der Waals surface area contributed by atoms with Crippen molar-refractivity contribution in [2.75, 3.05) is 19.4 Å². The number of nitrogens with two attached hydrogens (primary N) is 1. The van der Waals surface area contributed by atoms with Crippen molar-refractivity contribution < 1.29 is 4.74 Å². The highest BCUT2D eigenvalue weighted by molar-refractivity contribution is 7.99. The standard InChI is InChI=1S/C15H17NOS/c1-17-14-6-2-12(3-7-14)13-4-8-15(9-5-13)18-11-10-16/h2-9H,10-11,16H2,1H3. The predicted octanol–water partition coefficient (Wildman–Crippen LogP) is 3.41. The van der Waals surface area contributed by atoms with Crippen molar-refractivity contribution in [2.45, 2.75) is 4.90 Å². The topological polar surface area (TPSA) is 35.2 Å². The number of rotatable bonds is 5. The highest BCUT2D eigenvalue weighted by Crippen LogP contribution is 2.25. The molecule has 2 aromatic rings. The van der Waals surface area contributed by atoms with E-state index in [1.165, 1.54) is 16.0 Å². The maximum absolute atomic E-state index is 5.49. The molecule has 18 heavy (non-hydrogen) atoms. The van der Waals surface area contributed by atoms with Crippen LogP contribution in [0, 0.1) is 0 Å². The fourth-order valence-corrected chi connectivity index (χ4v) is 2.39. The third-order valence-electron chi connectivity index (χ3n) is 2.66. The zero-order valence-corrected chi connectivity index (χ0v) is 11.2. The molecule has 0 radical (unpaired) electrons. The van der Waals surface area contributed by atoms with Crippen molar-refractivity contribution in [1.29, 1.82) is 0 Å². The van der Waals surface area contributed by atoms with Crippen molar-refractivity contribution in [3.05, 3.63) is 48.5 Å². The van der Waals surface area contributed by atoms with Crippen LogP contribution in [0.25, 0.3) is 11.1 Å². The van der Waals surface area contributed by atoms with Crippen molar-refractivity contribution in [3.8, 4) is 16.9 Å². The Morgan fingerprint density at radius 2 is 1.50 bits per heavy atom. The third-order valence-corrected chi connectivity index (χ3v) is 3.71. The minimum atomic E-state index is 0.713. The smallest absolute Gasteiger partial charge is 0.118 e. The van der Waals surface area contributed by atoms with Gasteiger partial charge in [0.1, 0.15) is 5.75 Å². The van der Waals surface area contributed by atoms with Gasteiger partial charge in [-0.2, -0.15) is 0 Å². The molecule has 2 rings (SSSR count). The van der Waals surface area contributed by atoms with Crippen molar-refractivity contribution in [2.24, 2.45) is 5.73 Å². The molecule has 3 heteroatoms. The van der Waals surface area contributed by atoms with Crippen LogP contribution in [0.5, 0.6) is 5.75 Å². The van der Waals surface area contributed by atoms with Gasteiger partial charge in [-0.25, -0.2) is 0 Å². The van der Waals surface area contributed by atoms with E-state index in [4.69, 9.17) is 10.5 Å². The first-order valence-corrected chi connectivity index (χ1v) is 6.89. The second-order valence-corrected chi connectivity index (χ2v) is 5.06. The Morgan fingerprint density at radius 3 is 2.00 bits per heavy atom. The summed E-state index contributed by atoms with van der Waals surface area (Å²) >= 11 is 1.79. The second-order valence-electron chi connectivity index (χ2n) is 3.89. The molecule has 94 valence electrons. The zero-order chi connectivity index (χ0) is 12.8. The summed E-state index contributed by atoms with van der Waals surface area (Å²) in [6.07, 6.45) is 0. The van der Waals surface area contributed by atoms with Crippen LogP contribution in [-0.2, 0) is 0 Å². The summed E-state index contributed by atoms with van der Waals surface area (Å²) < 4.78 is 5.15. The van der Waals surface area contributed by atoms with E-state index in [2.05, 4.69) is 36.4 Å². The van der Waals surface area contributed by atoms with E-state index in [0.29, 0.717) is 6.54 Å². The zero-order valence-electron chi connectivity index (χ0n) is 10.4. The Kier molecular flexibility index (Phi) is 4.67. The van der Waals surface area contributed by atoms with Gasteiger partial charge in [-0.05, 0) is 35.4 Å². The van der Waals surface area contributed by atoms with Crippen molar-refractivity contribution in [1.82, 2.24) is 0 Å². The normalized spacial score (nSPS) is 10.3. The molecule has 0 saturated carbocycles. The van der Waals surface area contributed by atoms with E-state index in [0.717, 1.165) is 11.5 Å². The molecule has 0 atom stereocenters. The fourth-order valence-electron chi connectivity index (χ4n) is 1.70. The molecule has 2 nitrogen and oxygen atoms in total. The lowest BCUT2D eigenvalue weighted by Gasteiger charge is -2.05. The molecule has 2 aromatic carbocycles. The first kappa shape index (κ1) is 13.0. The van der Waals surface area contributed by atoms with Gasteiger partial charge in [-0.15, -0.1) is 11.8 Å². The Bertz CT molecular complexity index is 479. The van der Waals surface area contributed by atoms with Gasteiger partial charge in [-0.1, -0.05) is 24.3 Å². The van der Waals surface area contributed by atoms with Crippen LogP contribution in [0.4, 0.5) is 0 Å². The van der Waals surface area contributed by atoms with Crippen LogP contribution in [0.1, 0.15) is 0 Å². The van der Waals surface area contributed by atoms with E-state index >= 15 is 0 Å². The summed E-state index contributed by atoms with van der Waals surface area (Å²) in [5.41, 5.74) is 7.91. The number of ether oxygens (including phenoxy) is 1. The van der Waals surface area contributed by atoms with Crippen LogP contribution in [0.2, 0.25) is 0 Å². The highest BCUT2D eigenvalue weighted by Gasteiger charge is 1.99. The second kappa shape index (κ2) is 6.47. The van der Waals surface area contributed by atoms with E-state index < -0.39 is 0 Å². The number of benzene rings is 2. The average molecular weight is 259 g/mol. The summed E-state index contributed by atoms with van der Waals surface area (Å²) in [4.78, 5) is 1.26. The van der Waals surface area contributed by atoms with Gasteiger partial charge in [0.25, 0.3) is 0 Å². The largest absolute Gasteiger partial charge is 0.497 e. The SMILES string of the molecule is COc1ccc(-c2ccc(SCCN)cc2)cc1. The van der Waals surface area contributed by atoms with Crippen LogP contribution in [0.3, 0.4) is 0 Å². The first-order valence-electron chi connectivity index (χ1n) is 5.91. The molecular formula is C15H17NOS. The maximum atomic E-state index is 5.49. The fraction of sp³-hybridized carbons (Fsp3) is 0.200. The lowest BCUT2D eigenvalue weighted by Crippen LogP contribution is -2.00. The molecule has 0 bridgehead atoms. The molecular weight excluding hydrogens is 242 g/mol. The Balaban J connectivity index is 2.12. The third kappa shape index (κ3) is 3.28. The lowest BCUT2D eigenvalue weighted by molar-refractivity contribution is 0.415. The lowest BCUT2D eigenvalue weighted by atomic mass is 10.1. The number of methoxy groups -OCH3 is 1. The molecule has 0 aliphatic rings. The van der Waals surface area contributed by atoms with Crippen LogP contribution in [0.15, 0.2) is 53.4 Å². The summed E-state index contributed by atoms with van der Waals surface area (Å²) in [6.45, 7) is 0.713. The predicted molar refractivity (Wildman–Crippen MR) is 78.2 cm³/mol. The molecule has 0 aromatic heterocycles. The van der Waals surface area contributed by atoms with Gasteiger partial charge >= 0.3 is 0 Å². The van der Waals surface area contributed by atoms with Gasteiger partial charge in [0.15, 0.2) is 0 Å². The average Bonchev–Trinajstić information content (AvgIpc) is 2.46. The Morgan fingerprint density at radius 1 is 0.944 bits per heavy atom. The van der Waals surface area contributed by atoms with Crippen molar-refractivity contribution in [3.63, 3.8) is 0 Å². The van der Waals surface area contributed by atoms with Gasteiger partial charge in [0, 0.05) is 17.2 Å². The summed E-state index contributed by atoms with van der Waals surface area (Å²) in [7, 11) is 1.68. The van der Waals surface area contributed by atoms with E-state index in [-0.39, 0.29) is 0 Å². The maximum Gasteiger partial charge on any atom is 0.118 e. The molecule has 0 amide bonds. The van der Waals surface area contributed by atoms with Gasteiger partial charge < -0.3 is 10.5 Å². The summed E-state index contributed by atoms with van der Waals surface area (Å²) in [6, 6.07) is 16.7. The first-order chi connectivity index (χ1) is 8.83. The molecule has 2 N–H and O–H groups in total. The minimum Gasteiger partial charge on any atom is -0.497 e. The molecule has 0 heterocycles. The minimum absolute atomic E-state index is 0.713. The quantitative estimate of drug-likeness (QED) is 0.836. The van der Waals surface area contributed by atoms with Crippen LogP contribution >= 0.6 is 11.8 Å².